The number of methoxy groups -OCH3 is 1. The van der Waals surface area contributed by atoms with Crippen LogP contribution in [0.1, 0.15) is 58.3 Å². The topological polar surface area (TPSA) is 91.9 Å². The predicted octanol–water partition coefficient (Wildman–Crippen LogP) is 4.30. The number of hydrogen-bond donors (Lipinski definition) is 0. The van der Waals surface area contributed by atoms with Crippen LogP contribution < -0.4 is 14.9 Å². The summed E-state index contributed by atoms with van der Waals surface area (Å²) in [5, 5.41) is 0. The Morgan fingerprint density at radius 3 is 2.44 bits per heavy atom. The lowest BCUT2D eigenvalue weighted by molar-refractivity contribution is -0.139. The highest BCUT2D eigenvalue weighted by atomic mass is 32.1. The molecule has 4 aromatic rings. The van der Waals surface area contributed by atoms with E-state index in [4.69, 9.17) is 9.47 Å². The van der Waals surface area contributed by atoms with Crippen molar-refractivity contribution in [3.8, 4) is 5.69 Å². The third-order valence-electron chi connectivity index (χ3n) is 7.19. The molecule has 5 rings (SSSR count). The quantitative estimate of drug-likeness (QED) is 0.323. The first-order valence-corrected chi connectivity index (χ1v) is 14.1. The Hall–Kier alpha value is -4.50. The van der Waals surface area contributed by atoms with E-state index in [-0.39, 0.29) is 12.2 Å². The largest absolute Gasteiger partial charge is 0.465 e. The van der Waals surface area contributed by atoms with Crippen LogP contribution in [0.4, 0.5) is 0 Å². The van der Waals surface area contributed by atoms with Gasteiger partial charge in [0.2, 0.25) is 0 Å². The van der Waals surface area contributed by atoms with Gasteiger partial charge in [0.15, 0.2) is 4.80 Å². The van der Waals surface area contributed by atoms with E-state index < -0.39 is 18.0 Å². The molecule has 0 saturated carbocycles. The van der Waals surface area contributed by atoms with Crippen molar-refractivity contribution in [1.29, 1.82) is 0 Å². The Kier molecular flexibility index (Phi) is 7.64. The zero-order valence-electron chi connectivity index (χ0n) is 23.8. The van der Waals surface area contributed by atoms with Gasteiger partial charge in [-0.05, 0) is 76.1 Å². The van der Waals surface area contributed by atoms with Crippen molar-refractivity contribution in [2.75, 3.05) is 13.7 Å². The molecule has 210 valence electrons. The van der Waals surface area contributed by atoms with Gasteiger partial charge in [0.25, 0.3) is 5.56 Å². The highest BCUT2D eigenvalue weighted by molar-refractivity contribution is 7.07. The van der Waals surface area contributed by atoms with Crippen LogP contribution in [0.2, 0.25) is 0 Å². The maximum absolute atomic E-state index is 14.0. The molecular formula is C32H31N3O5S. The summed E-state index contributed by atoms with van der Waals surface area (Å²) in [5.41, 5.74) is 6.54. The first kappa shape index (κ1) is 28.0. The zero-order chi connectivity index (χ0) is 29.4. The van der Waals surface area contributed by atoms with Crippen LogP contribution in [0.25, 0.3) is 11.8 Å². The molecule has 0 unspecified atom stereocenters. The molecule has 1 atom stereocenters. The normalized spacial score (nSPS) is 15.0. The number of ether oxygens (including phenoxy) is 2. The second-order valence-electron chi connectivity index (χ2n) is 9.92. The van der Waals surface area contributed by atoms with E-state index >= 15 is 0 Å². The first-order chi connectivity index (χ1) is 19.6. The van der Waals surface area contributed by atoms with Crippen molar-refractivity contribution in [3.63, 3.8) is 0 Å². The number of rotatable bonds is 6. The average molecular weight is 570 g/mol. The molecule has 1 aliphatic heterocycles. The van der Waals surface area contributed by atoms with Gasteiger partial charge in [-0.3, -0.25) is 9.36 Å². The maximum Gasteiger partial charge on any atom is 0.338 e. The number of hydrogen-bond acceptors (Lipinski definition) is 7. The molecule has 2 aromatic heterocycles. The minimum atomic E-state index is -0.651. The summed E-state index contributed by atoms with van der Waals surface area (Å²) < 4.78 is 14.4. The van der Waals surface area contributed by atoms with Crippen molar-refractivity contribution in [2.45, 2.75) is 40.7 Å². The third-order valence-corrected chi connectivity index (χ3v) is 8.18. The Labute approximate surface area is 241 Å². The fraction of sp³-hybridized carbons (Fsp3) is 0.250. The molecule has 0 bridgehead atoms. The average Bonchev–Trinajstić information content (AvgIpc) is 3.41. The number of carbonyl (C=O) groups excluding carboxylic acids is 2. The highest BCUT2D eigenvalue weighted by Crippen LogP contribution is 2.31. The number of carbonyl (C=O) groups is 2. The smallest absolute Gasteiger partial charge is 0.338 e. The number of aromatic nitrogens is 2. The second-order valence-corrected chi connectivity index (χ2v) is 10.9. The lowest BCUT2D eigenvalue weighted by Crippen LogP contribution is -2.39. The Morgan fingerprint density at radius 2 is 1.76 bits per heavy atom. The summed E-state index contributed by atoms with van der Waals surface area (Å²) in [7, 11) is 1.36. The van der Waals surface area contributed by atoms with E-state index in [1.807, 2.05) is 73.9 Å². The first-order valence-electron chi connectivity index (χ1n) is 13.3. The number of allylic oxidation sites excluding steroid dienone is 1. The Balaban J connectivity index is 1.66. The molecule has 0 aliphatic carbocycles. The number of thiazole rings is 1. The van der Waals surface area contributed by atoms with Crippen LogP contribution in [-0.4, -0.2) is 34.8 Å². The minimum Gasteiger partial charge on any atom is -0.465 e. The minimum absolute atomic E-state index is 0.221. The molecule has 0 N–H and O–H groups in total. The molecule has 3 heterocycles. The lowest BCUT2D eigenvalue weighted by atomic mass is 9.95. The summed E-state index contributed by atoms with van der Waals surface area (Å²) in [6.07, 6.45) is 1.86. The number of esters is 2. The van der Waals surface area contributed by atoms with Gasteiger partial charge in [-0.1, -0.05) is 47.2 Å². The molecule has 0 spiro atoms. The summed E-state index contributed by atoms with van der Waals surface area (Å²) in [6.45, 7) is 9.69. The van der Waals surface area contributed by atoms with Gasteiger partial charge in [-0.15, -0.1) is 0 Å². The summed E-state index contributed by atoms with van der Waals surface area (Å²) >= 11 is 1.29. The van der Waals surface area contributed by atoms with Crippen molar-refractivity contribution >= 4 is 29.4 Å². The molecular weight excluding hydrogens is 538 g/mol. The van der Waals surface area contributed by atoms with Gasteiger partial charge in [0.05, 0.1) is 41.1 Å². The standard InChI is InChI=1S/C32H31N3O5S/c1-7-40-31(38)27-20(4)33-32-35(28(27)22-13-11-18(2)12-14-22)29(36)26(41-32)17-24-15-19(3)34(21(24)5)25-10-8-9-23(16-25)30(37)39-6/h8-17,28H,7H2,1-6H3/b26-17+/t28-/m0/s1. The van der Waals surface area contributed by atoms with Crippen LogP contribution in [-0.2, 0) is 14.3 Å². The fourth-order valence-electron chi connectivity index (χ4n) is 5.22. The van der Waals surface area contributed by atoms with E-state index in [9.17, 15) is 14.4 Å². The lowest BCUT2D eigenvalue weighted by Gasteiger charge is -2.24. The summed E-state index contributed by atoms with van der Waals surface area (Å²) in [6, 6.07) is 16.4. The Bertz CT molecular complexity index is 1890. The molecule has 0 fully saturated rings. The van der Waals surface area contributed by atoms with E-state index in [1.165, 1.54) is 18.4 Å². The molecule has 0 radical (unpaired) electrons. The fourth-order valence-corrected chi connectivity index (χ4v) is 6.26. The summed E-state index contributed by atoms with van der Waals surface area (Å²) in [4.78, 5) is 44.4. The Morgan fingerprint density at radius 1 is 1.02 bits per heavy atom. The van der Waals surface area contributed by atoms with Gasteiger partial charge in [0.1, 0.15) is 0 Å². The van der Waals surface area contributed by atoms with Crippen molar-refractivity contribution in [2.24, 2.45) is 4.99 Å². The van der Waals surface area contributed by atoms with Crippen molar-refractivity contribution in [3.05, 3.63) is 119 Å². The van der Waals surface area contributed by atoms with E-state index in [2.05, 4.69) is 4.99 Å². The maximum atomic E-state index is 14.0. The number of nitrogens with zero attached hydrogens (tertiary/aromatic N) is 3. The van der Waals surface area contributed by atoms with Crippen molar-refractivity contribution in [1.82, 2.24) is 9.13 Å². The van der Waals surface area contributed by atoms with Gasteiger partial charge < -0.3 is 14.0 Å². The second kappa shape index (κ2) is 11.2. The number of aryl methyl sites for hydroxylation is 2. The van der Waals surface area contributed by atoms with Crippen LogP contribution in [0.15, 0.2) is 75.7 Å². The number of benzene rings is 2. The molecule has 41 heavy (non-hydrogen) atoms. The molecule has 0 saturated heterocycles. The monoisotopic (exact) mass is 569 g/mol. The number of fused-ring (bicyclic) bond motifs is 1. The van der Waals surface area contributed by atoms with Crippen molar-refractivity contribution < 1.29 is 19.1 Å². The van der Waals surface area contributed by atoms with Crippen LogP contribution in [0, 0.1) is 20.8 Å². The molecule has 2 aromatic carbocycles. The SMILES string of the molecule is CCOC(=O)C1=C(C)N=c2s/c(=C/c3cc(C)n(-c4cccc(C(=O)OC)c4)c3C)c(=O)n2[C@H]1c1ccc(C)cc1. The predicted molar refractivity (Wildman–Crippen MR) is 158 cm³/mol. The molecule has 9 heteroatoms. The van der Waals surface area contributed by atoms with E-state index in [1.54, 1.807) is 30.5 Å². The highest BCUT2D eigenvalue weighted by Gasteiger charge is 2.33. The van der Waals surface area contributed by atoms with Gasteiger partial charge >= 0.3 is 11.9 Å². The van der Waals surface area contributed by atoms with Crippen LogP contribution in [0.3, 0.4) is 0 Å². The molecule has 1 aliphatic rings. The molecule has 8 nitrogen and oxygen atoms in total. The van der Waals surface area contributed by atoms with Gasteiger partial charge in [-0.25, -0.2) is 14.6 Å². The van der Waals surface area contributed by atoms with Gasteiger partial charge in [-0.2, -0.15) is 0 Å². The van der Waals surface area contributed by atoms with Crippen LogP contribution in [0.5, 0.6) is 0 Å². The molecule has 0 amide bonds. The van der Waals surface area contributed by atoms with Gasteiger partial charge in [0, 0.05) is 17.1 Å². The van der Waals surface area contributed by atoms with Crippen LogP contribution >= 0.6 is 11.3 Å². The summed E-state index contributed by atoms with van der Waals surface area (Å²) in [5.74, 6) is -0.886. The third kappa shape index (κ3) is 5.09. The van der Waals surface area contributed by atoms with E-state index in [0.29, 0.717) is 26.2 Å². The zero-order valence-corrected chi connectivity index (χ0v) is 24.7. The van der Waals surface area contributed by atoms with E-state index in [0.717, 1.165) is 33.8 Å².